The fourth-order valence-corrected chi connectivity index (χ4v) is 1.67. The molecule has 0 aromatic heterocycles. The van der Waals surface area contributed by atoms with Gasteiger partial charge >= 0.3 is 11.9 Å². The third-order valence-corrected chi connectivity index (χ3v) is 2.39. The van der Waals surface area contributed by atoms with Gasteiger partial charge in [0.1, 0.15) is 18.3 Å². The summed E-state index contributed by atoms with van der Waals surface area (Å²) in [5, 5.41) is 19.0. The van der Waals surface area contributed by atoms with Gasteiger partial charge in [-0.25, -0.2) is 0 Å². The highest BCUT2D eigenvalue weighted by atomic mass is 16.6. The number of carbonyl (C=O) groups is 3. The standard InChI is InChI=1S/C10H14O7/c1-4(11)16-6-3-7(17-5(2)12)9(14)10(15)8(6)13/h6-8,10,13,15H,3H2,1-2H3/t6-,7-,8+,10+/m0/s1. The van der Waals surface area contributed by atoms with E-state index in [2.05, 4.69) is 4.74 Å². The van der Waals surface area contributed by atoms with Crippen molar-refractivity contribution in [3.05, 3.63) is 0 Å². The van der Waals surface area contributed by atoms with Crippen LogP contribution >= 0.6 is 0 Å². The second-order valence-electron chi connectivity index (χ2n) is 3.82. The van der Waals surface area contributed by atoms with Crippen molar-refractivity contribution in [3.8, 4) is 0 Å². The van der Waals surface area contributed by atoms with E-state index in [0.29, 0.717) is 0 Å². The molecule has 0 spiro atoms. The van der Waals surface area contributed by atoms with Gasteiger partial charge in [-0.3, -0.25) is 14.4 Å². The SMILES string of the molecule is CC(=O)O[C@H]1C[C@H](OC(C)=O)[C@@H](O)[C@@H](O)C1=O. The molecule has 1 rings (SSSR count). The third kappa shape index (κ3) is 3.24. The smallest absolute Gasteiger partial charge is 0.303 e. The minimum absolute atomic E-state index is 0.157. The van der Waals surface area contributed by atoms with Gasteiger partial charge in [-0.1, -0.05) is 0 Å². The normalized spacial score (nSPS) is 33.1. The molecule has 1 saturated carbocycles. The topological polar surface area (TPSA) is 110 Å². The number of carbonyl (C=O) groups excluding carboxylic acids is 3. The lowest BCUT2D eigenvalue weighted by molar-refractivity contribution is -0.183. The maximum absolute atomic E-state index is 11.5. The average Bonchev–Trinajstić information content (AvgIpc) is 2.20. The number of aliphatic hydroxyl groups excluding tert-OH is 2. The van der Waals surface area contributed by atoms with Crippen LogP contribution in [0.5, 0.6) is 0 Å². The van der Waals surface area contributed by atoms with E-state index in [9.17, 15) is 24.6 Å². The van der Waals surface area contributed by atoms with Crippen LogP contribution < -0.4 is 0 Å². The van der Waals surface area contributed by atoms with E-state index in [1.54, 1.807) is 0 Å². The largest absolute Gasteiger partial charge is 0.460 e. The quantitative estimate of drug-likeness (QED) is 0.573. The first kappa shape index (κ1) is 13.6. The molecule has 2 N–H and O–H groups in total. The minimum atomic E-state index is -1.72. The molecule has 0 radical (unpaired) electrons. The zero-order valence-electron chi connectivity index (χ0n) is 9.45. The van der Waals surface area contributed by atoms with Gasteiger partial charge in [0.15, 0.2) is 6.10 Å². The Morgan fingerprint density at radius 3 is 2.18 bits per heavy atom. The van der Waals surface area contributed by atoms with Crippen LogP contribution in [-0.4, -0.2) is 52.4 Å². The van der Waals surface area contributed by atoms with Gasteiger partial charge in [0.25, 0.3) is 0 Å². The Kier molecular flexibility index (Phi) is 4.19. The Hall–Kier alpha value is -1.47. The summed E-state index contributed by atoms with van der Waals surface area (Å²) in [5.74, 6) is -2.14. The summed E-state index contributed by atoms with van der Waals surface area (Å²) in [6, 6.07) is 0. The van der Waals surface area contributed by atoms with E-state index in [-0.39, 0.29) is 6.42 Å². The number of ether oxygens (including phenoxy) is 2. The molecular formula is C10H14O7. The van der Waals surface area contributed by atoms with Crippen molar-refractivity contribution in [2.24, 2.45) is 0 Å². The van der Waals surface area contributed by atoms with Crippen molar-refractivity contribution in [2.45, 2.75) is 44.7 Å². The summed E-state index contributed by atoms with van der Waals surface area (Å²) in [7, 11) is 0. The molecule has 96 valence electrons. The third-order valence-electron chi connectivity index (χ3n) is 2.39. The molecule has 1 fully saturated rings. The van der Waals surface area contributed by atoms with Crippen LogP contribution in [0.1, 0.15) is 20.3 Å². The van der Waals surface area contributed by atoms with Crippen molar-refractivity contribution in [2.75, 3.05) is 0 Å². The number of aliphatic hydroxyl groups is 2. The highest BCUT2D eigenvalue weighted by Gasteiger charge is 2.45. The Balaban J connectivity index is 2.78. The molecule has 0 saturated heterocycles. The van der Waals surface area contributed by atoms with Gasteiger partial charge in [-0.15, -0.1) is 0 Å². The van der Waals surface area contributed by atoms with Gasteiger partial charge < -0.3 is 19.7 Å². The molecule has 0 heterocycles. The summed E-state index contributed by atoms with van der Waals surface area (Å²) < 4.78 is 9.42. The first-order valence-electron chi connectivity index (χ1n) is 5.07. The van der Waals surface area contributed by atoms with Gasteiger partial charge in [0.05, 0.1) is 0 Å². The molecular weight excluding hydrogens is 232 g/mol. The van der Waals surface area contributed by atoms with Gasteiger partial charge in [-0.2, -0.15) is 0 Å². The van der Waals surface area contributed by atoms with Crippen LogP contribution in [0.4, 0.5) is 0 Å². The molecule has 0 amide bonds. The predicted molar refractivity (Wildman–Crippen MR) is 52.7 cm³/mol. The lowest BCUT2D eigenvalue weighted by Crippen LogP contribution is -2.55. The Morgan fingerprint density at radius 1 is 1.18 bits per heavy atom. The first-order chi connectivity index (χ1) is 7.82. The summed E-state index contributed by atoms with van der Waals surface area (Å²) in [6.07, 6.45) is -5.65. The van der Waals surface area contributed by atoms with E-state index < -0.39 is 42.1 Å². The predicted octanol–water partition coefficient (Wildman–Crippen LogP) is -1.46. The fourth-order valence-electron chi connectivity index (χ4n) is 1.67. The molecule has 1 aliphatic carbocycles. The molecule has 0 aromatic rings. The van der Waals surface area contributed by atoms with Crippen LogP contribution in [0.25, 0.3) is 0 Å². The lowest BCUT2D eigenvalue weighted by atomic mass is 9.88. The van der Waals surface area contributed by atoms with Crippen molar-refractivity contribution >= 4 is 17.7 Å². The van der Waals surface area contributed by atoms with Gasteiger partial charge in [0.2, 0.25) is 5.78 Å². The van der Waals surface area contributed by atoms with Crippen LogP contribution in [0, 0.1) is 0 Å². The van der Waals surface area contributed by atoms with E-state index in [1.807, 2.05) is 0 Å². The Bertz CT molecular complexity index is 338. The second kappa shape index (κ2) is 5.24. The summed E-state index contributed by atoms with van der Waals surface area (Å²) in [5.41, 5.74) is 0. The summed E-state index contributed by atoms with van der Waals surface area (Å²) >= 11 is 0. The number of ketones is 1. The number of rotatable bonds is 2. The molecule has 0 aromatic carbocycles. The van der Waals surface area contributed by atoms with Crippen LogP contribution in [0.2, 0.25) is 0 Å². The Morgan fingerprint density at radius 2 is 1.71 bits per heavy atom. The fraction of sp³-hybridized carbons (Fsp3) is 0.700. The molecule has 1 aliphatic rings. The molecule has 7 nitrogen and oxygen atoms in total. The Labute approximate surface area is 97.3 Å². The number of Topliss-reactive ketones (excluding diaryl/α,β-unsaturated/α-hetero) is 1. The molecule has 7 heteroatoms. The second-order valence-corrected chi connectivity index (χ2v) is 3.82. The van der Waals surface area contributed by atoms with Crippen LogP contribution in [-0.2, 0) is 23.9 Å². The molecule has 0 aliphatic heterocycles. The summed E-state index contributed by atoms with van der Waals surface area (Å²) in [4.78, 5) is 33.0. The highest BCUT2D eigenvalue weighted by molar-refractivity contribution is 5.90. The zero-order valence-corrected chi connectivity index (χ0v) is 9.45. The highest BCUT2D eigenvalue weighted by Crippen LogP contribution is 2.22. The van der Waals surface area contributed by atoms with E-state index in [0.717, 1.165) is 13.8 Å². The maximum Gasteiger partial charge on any atom is 0.303 e. The lowest BCUT2D eigenvalue weighted by Gasteiger charge is -2.34. The summed E-state index contributed by atoms with van der Waals surface area (Å²) in [6.45, 7) is 2.25. The zero-order chi connectivity index (χ0) is 13.2. The van der Waals surface area contributed by atoms with Gasteiger partial charge in [-0.05, 0) is 0 Å². The number of esters is 2. The van der Waals surface area contributed by atoms with E-state index in [1.165, 1.54) is 0 Å². The van der Waals surface area contributed by atoms with Crippen molar-refractivity contribution in [1.29, 1.82) is 0 Å². The molecule has 4 atom stereocenters. The minimum Gasteiger partial charge on any atom is -0.460 e. The van der Waals surface area contributed by atoms with Crippen molar-refractivity contribution in [1.82, 2.24) is 0 Å². The van der Waals surface area contributed by atoms with E-state index >= 15 is 0 Å². The first-order valence-corrected chi connectivity index (χ1v) is 5.07. The van der Waals surface area contributed by atoms with Crippen molar-refractivity contribution in [3.63, 3.8) is 0 Å². The maximum atomic E-state index is 11.5. The molecule has 0 unspecified atom stereocenters. The monoisotopic (exact) mass is 246 g/mol. The van der Waals surface area contributed by atoms with E-state index in [4.69, 9.17) is 4.74 Å². The van der Waals surface area contributed by atoms with Gasteiger partial charge in [0, 0.05) is 20.3 Å². The number of hydrogen-bond donors (Lipinski definition) is 2. The molecule has 17 heavy (non-hydrogen) atoms. The van der Waals surface area contributed by atoms with Crippen LogP contribution in [0.3, 0.4) is 0 Å². The van der Waals surface area contributed by atoms with Crippen LogP contribution in [0.15, 0.2) is 0 Å². The average molecular weight is 246 g/mol. The molecule has 0 bridgehead atoms. The van der Waals surface area contributed by atoms with Crippen molar-refractivity contribution < 1.29 is 34.1 Å². The number of hydrogen-bond acceptors (Lipinski definition) is 7.